The van der Waals surface area contributed by atoms with Crippen molar-refractivity contribution >= 4 is 27.7 Å². The molecule has 0 spiro atoms. The smallest absolute Gasteiger partial charge is 0.236 e. The van der Waals surface area contributed by atoms with Crippen molar-refractivity contribution in [3.05, 3.63) is 22.8 Å². The molecule has 0 radical (unpaired) electrons. The summed E-state index contributed by atoms with van der Waals surface area (Å²) in [5.41, 5.74) is 5.23. The second kappa shape index (κ2) is 6.48. The molecule has 0 saturated heterocycles. The number of pyridine rings is 1. The molecule has 1 heterocycles. The van der Waals surface area contributed by atoms with E-state index in [9.17, 15) is 4.79 Å². The first kappa shape index (κ1) is 13.0. The van der Waals surface area contributed by atoms with E-state index in [0.717, 1.165) is 29.7 Å². The molecule has 0 saturated carbocycles. The van der Waals surface area contributed by atoms with E-state index in [2.05, 4.69) is 27.8 Å². The van der Waals surface area contributed by atoms with Gasteiger partial charge in [-0.05, 0) is 34.5 Å². The molecule has 0 unspecified atom stereocenters. The molecule has 0 aliphatic carbocycles. The summed E-state index contributed by atoms with van der Waals surface area (Å²) < 4.78 is 0.882. The fraction of sp³-hybridized carbons (Fsp3) is 0.455. The molecule has 0 atom stereocenters. The van der Waals surface area contributed by atoms with Gasteiger partial charge in [0.05, 0.1) is 11.0 Å². The first-order valence-electron chi connectivity index (χ1n) is 5.29. The molecule has 88 valence electrons. The van der Waals surface area contributed by atoms with Gasteiger partial charge in [-0.3, -0.25) is 4.79 Å². The van der Waals surface area contributed by atoms with Crippen LogP contribution in [0.2, 0.25) is 0 Å². The SMILES string of the molecule is CCCCN(CC(N)=O)c1ncccc1Br. The summed E-state index contributed by atoms with van der Waals surface area (Å²) in [5, 5.41) is 0. The lowest BCUT2D eigenvalue weighted by atomic mass is 10.3. The molecule has 16 heavy (non-hydrogen) atoms. The molecule has 0 bridgehead atoms. The van der Waals surface area contributed by atoms with Gasteiger partial charge in [-0.2, -0.15) is 0 Å². The van der Waals surface area contributed by atoms with Crippen molar-refractivity contribution < 1.29 is 4.79 Å². The van der Waals surface area contributed by atoms with Gasteiger partial charge in [0.2, 0.25) is 5.91 Å². The van der Waals surface area contributed by atoms with Crippen LogP contribution in [-0.2, 0) is 4.79 Å². The number of hydrogen-bond acceptors (Lipinski definition) is 3. The lowest BCUT2D eigenvalue weighted by Crippen LogP contribution is -2.35. The summed E-state index contributed by atoms with van der Waals surface area (Å²) in [6, 6.07) is 3.75. The topological polar surface area (TPSA) is 59.2 Å². The highest BCUT2D eigenvalue weighted by Gasteiger charge is 2.12. The molecule has 0 aliphatic heterocycles. The maximum Gasteiger partial charge on any atom is 0.236 e. The van der Waals surface area contributed by atoms with Crippen molar-refractivity contribution in [3.63, 3.8) is 0 Å². The van der Waals surface area contributed by atoms with Crippen LogP contribution >= 0.6 is 15.9 Å². The lowest BCUT2D eigenvalue weighted by Gasteiger charge is -2.22. The molecule has 1 amide bonds. The average molecular weight is 286 g/mol. The Morgan fingerprint density at radius 1 is 1.62 bits per heavy atom. The van der Waals surface area contributed by atoms with Gasteiger partial charge < -0.3 is 10.6 Å². The summed E-state index contributed by atoms with van der Waals surface area (Å²) in [6.45, 7) is 3.10. The number of unbranched alkanes of at least 4 members (excludes halogenated alkanes) is 1. The van der Waals surface area contributed by atoms with Crippen molar-refractivity contribution in [2.45, 2.75) is 19.8 Å². The van der Waals surface area contributed by atoms with Crippen LogP contribution in [0.3, 0.4) is 0 Å². The molecular weight excluding hydrogens is 270 g/mol. The van der Waals surface area contributed by atoms with E-state index in [1.807, 2.05) is 17.0 Å². The van der Waals surface area contributed by atoms with Crippen LogP contribution in [0.5, 0.6) is 0 Å². The van der Waals surface area contributed by atoms with E-state index >= 15 is 0 Å². The van der Waals surface area contributed by atoms with E-state index in [4.69, 9.17) is 5.73 Å². The van der Waals surface area contributed by atoms with Crippen LogP contribution in [0.4, 0.5) is 5.82 Å². The zero-order chi connectivity index (χ0) is 12.0. The lowest BCUT2D eigenvalue weighted by molar-refractivity contribution is -0.116. The standard InChI is InChI=1S/C11H16BrN3O/c1-2-3-7-15(8-10(13)16)11-9(12)5-4-6-14-11/h4-6H,2-3,7-8H2,1H3,(H2,13,16). The Morgan fingerprint density at radius 2 is 2.38 bits per heavy atom. The van der Waals surface area contributed by atoms with Crippen molar-refractivity contribution in [3.8, 4) is 0 Å². The number of rotatable bonds is 6. The van der Waals surface area contributed by atoms with Gasteiger partial charge in [-0.15, -0.1) is 0 Å². The van der Waals surface area contributed by atoms with Crippen LogP contribution < -0.4 is 10.6 Å². The number of hydrogen-bond donors (Lipinski definition) is 1. The predicted octanol–water partition coefficient (Wildman–Crippen LogP) is 1.94. The van der Waals surface area contributed by atoms with Crippen LogP contribution in [0.15, 0.2) is 22.8 Å². The Bertz CT molecular complexity index is 357. The second-order valence-electron chi connectivity index (χ2n) is 3.55. The number of halogens is 1. The number of amides is 1. The number of carbonyl (C=O) groups excluding carboxylic acids is 1. The highest BCUT2D eigenvalue weighted by molar-refractivity contribution is 9.10. The van der Waals surface area contributed by atoms with Crippen molar-refractivity contribution in [1.82, 2.24) is 4.98 Å². The van der Waals surface area contributed by atoms with Crippen LogP contribution in [-0.4, -0.2) is 24.0 Å². The predicted molar refractivity (Wildman–Crippen MR) is 68.3 cm³/mol. The first-order chi connectivity index (χ1) is 7.65. The minimum atomic E-state index is -0.339. The summed E-state index contributed by atoms with van der Waals surface area (Å²) in [7, 11) is 0. The summed E-state index contributed by atoms with van der Waals surface area (Å²) in [5.74, 6) is 0.434. The van der Waals surface area contributed by atoms with Gasteiger partial charge in [0.1, 0.15) is 5.82 Å². The third kappa shape index (κ3) is 3.81. The van der Waals surface area contributed by atoms with Crippen molar-refractivity contribution in [1.29, 1.82) is 0 Å². The quantitative estimate of drug-likeness (QED) is 0.869. The molecule has 4 nitrogen and oxygen atoms in total. The second-order valence-corrected chi connectivity index (χ2v) is 4.40. The van der Waals surface area contributed by atoms with Gasteiger partial charge in [0.15, 0.2) is 0 Å². The van der Waals surface area contributed by atoms with Gasteiger partial charge >= 0.3 is 0 Å². The normalized spacial score (nSPS) is 10.1. The number of nitrogens with two attached hydrogens (primary N) is 1. The Morgan fingerprint density at radius 3 is 2.94 bits per heavy atom. The fourth-order valence-electron chi connectivity index (χ4n) is 1.41. The van der Waals surface area contributed by atoms with E-state index in [1.54, 1.807) is 6.20 Å². The van der Waals surface area contributed by atoms with Gasteiger partial charge in [0, 0.05) is 12.7 Å². The van der Waals surface area contributed by atoms with Crippen molar-refractivity contribution in [2.75, 3.05) is 18.0 Å². The number of primary amides is 1. The van der Waals surface area contributed by atoms with E-state index in [1.165, 1.54) is 0 Å². The van der Waals surface area contributed by atoms with Crippen LogP contribution in [0, 0.1) is 0 Å². The number of carbonyl (C=O) groups is 1. The number of aromatic nitrogens is 1. The van der Waals surface area contributed by atoms with Crippen LogP contribution in [0.25, 0.3) is 0 Å². The molecule has 1 aromatic rings. The summed E-state index contributed by atoms with van der Waals surface area (Å²) >= 11 is 3.42. The summed E-state index contributed by atoms with van der Waals surface area (Å²) in [4.78, 5) is 17.1. The minimum absolute atomic E-state index is 0.204. The van der Waals surface area contributed by atoms with E-state index < -0.39 is 0 Å². The molecule has 5 heteroatoms. The van der Waals surface area contributed by atoms with Crippen LogP contribution in [0.1, 0.15) is 19.8 Å². The Kier molecular flexibility index (Phi) is 5.25. The third-order valence-electron chi connectivity index (χ3n) is 2.17. The van der Waals surface area contributed by atoms with Gasteiger partial charge in [-0.1, -0.05) is 13.3 Å². The molecule has 2 N–H and O–H groups in total. The molecule has 1 rings (SSSR count). The fourth-order valence-corrected chi connectivity index (χ4v) is 1.91. The largest absolute Gasteiger partial charge is 0.368 e. The number of anilines is 1. The number of nitrogens with zero attached hydrogens (tertiary/aromatic N) is 2. The zero-order valence-electron chi connectivity index (χ0n) is 9.32. The maximum atomic E-state index is 11.0. The Labute approximate surface area is 104 Å². The highest BCUT2D eigenvalue weighted by Crippen LogP contribution is 2.22. The summed E-state index contributed by atoms with van der Waals surface area (Å²) in [6.07, 6.45) is 3.79. The molecule has 0 aromatic carbocycles. The third-order valence-corrected chi connectivity index (χ3v) is 2.79. The van der Waals surface area contributed by atoms with E-state index in [0.29, 0.717) is 0 Å². The zero-order valence-corrected chi connectivity index (χ0v) is 10.9. The van der Waals surface area contributed by atoms with E-state index in [-0.39, 0.29) is 12.5 Å². The molecule has 1 aromatic heterocycles. The van der Waals surface area contributed by atoms with Gasteiger partial charge in [0.25, 0.3) is 0 Å². The highest BCUT2D eigenvalue weighted by atomic mass is 79.9. The van der Waals surface area contributed by atoms with Crippen molar-refractivity contribution in [2.24, 2.45) is 5.73 Å². The molecule has 0 fully saturated rings. The first-order valence-corrected chi connectivity index (χ1v) is 6.08. The monoisotopic (exact) mass is 285 g/mol. The Balaban J connectivity index is 2.82. The molecule has 0 aliphatic rings. The average Bonchev–Trinajstić information content (AvgIpc) is 2.24. The maximum absolute atomic E-state index is 11.0. The minimum Gasteiger partial charge on any atom is -0.368 e. The Hall–Kier alpha value is -1.10. The van der Waals surface area contributed by atoms with Gasteiger partial charge in [-0.25, -0.2) is 4.98 Å². The molecular formula is C11H16BrN3O.